The minimum absolute atomic E-state index is 0.0669. The molecule has 0 radical (unpaired) electrons. The molecule has 1 aromatic rings. The summed E-state index contributed by atoms with van der Waals surface area (Å²) in [6.45, 7) is 9.67. The van der Waals surface area contributed by atoms with E-state index < -0.39 is 10.0 Å². The number of sulfonamides is 1. The van der Waals surface area contributed by atoms with Gasteiger partial charge in [-0.1, -0.05) is 26.8 Å². The third-order valence-electron chi connectivity index (χ3n) is 3.74. The van der Waals surface area contributed by atoms with Crippen LogP contribution in [0.5, 0.6) is 0 Å². The molecular formula is C15H27N3O2S. The summed E-state index contributed by atoms with van der Waals surface area (Å²) in [7, 11) is -1.91. The SMILES string of the molecule is CCCNCc1ccc(S(=O)(=O)N(C)C(C)C(C)C)nc1. The molecule has 1 unspecified atom stereocenters. The van der Waals surface area contributed by atoms with Gasteiger partial charge < -0.3 is 5.32 Å². The first-order chi connectivity index (χ1) is 9.80. The van der Waals surface area contributed by atoms with Crippen LogP contribution >= 0.6 is 0 Å². The van der Waals surface area contributed by atoms with Gasteiger partial charge in [0.25, 0.3) is 10.0 Å². The van der Waals surface area contributed by atoms with E-state index in [0.29, 0.717) is 6.54 Å². The quantitative estimate of drug-likeness (QED) is 0.748. The van der Waals surface area contributed by atoms with Crippen molar-refractivity contribution in [1.29, 1.82) is 0 Å². The molecule has 0 saturated carbocycles. The first-order valence-corrected chi connectivity index (χ1v) is 8.88. The molecule has 6 heteroatoms. The maximum Gasteiger partial charge on any atom is 0.260 e. The molecule has 21 heavy (non-hydrogen) atoms. The lowest BCUT2D eigenvalue weighted by atomic mass is 10.1. The largest absolute Gasteiger partial charge is 0.313 e. The highest BCUT2D eigenvalue weighted by Crippen LogP contribution is 2.18. The molecule has 120 valence electrons. The van der Waals surface area contributed by atoms with Crippen LogP contribution in [0, 0.1) is 5.92 Å². The van der Waals surface area contributed by atoms with Gasteiger partial charge in [-0.25, -0.2) is 13.4 Å². The van der Waals surface area contributed by atoms with E-state index in [4.69, 9.17) is 0 Å². The van der Waals surface area contributed by atoms with Crippen LogP contribution in [-0.2, 0) is 16.6 Å². The number of nitrogens with zero attached hydrogens (tertiary/aromatic N) is 2. The molecule has 0 aromatic carbocycles. The normalized spacial score (nSPS) is 13.9. The van der Waals surface area contributed by atoms with Crippen molar-refractivity contribution in [2.45, 2.75) is 51.7 Å². The van der Waals surface area contributed by atoms with Crippen LogP contribution in [0.1, 0.15) is 39.7 Å². The molecule has 0 aliphatic heterocycles. The van der Waals surface area contributed by atoms with Crippen molar-refractivity contribution in [2.75, 3.05) is 13.6 Å². The van der Waals surface area contributed by atoms with Gasteiger partial charge in [0.15, 0.2) is 5.03 Å². The third-order valence-corrected chi connectivity index (χ3v) is 5.60. The second-order valence-corrected chi connectivity index (χ2v) is 7.63. The maximum absolute atomic E-state index is 12.5. The van der Waals surface area contributed by atoms with Crippen LogP contribution in [0.3, 0.4) is 0 Å². The van der Waals surface area contributed by atoms with Crippen LogP contribution in [0.2, 0.25) is 0 Å². The first kappa shape index (κ1) is 18.1. The lowest BCUT2D eigenvalue weighted by Crippen LogP contribution is -2.38. The van der Waals surface area contributed by atoms with Gasteiger partial charge in [-0.2, -0.15) is 4.31 Å². The van der Waals surface area contributed by atoms with E-state index in [1.54, 1.807) is 19.3 Å². The van der Waals surface area contributed by atoms with Crippen LogP contribution in [0.25, 0.3) is 0 Å². The predicted molar refractivity (Wildman–Crippen MR) is 85.5 cm³/mol. The highest BCUT2D eigenvalue weighted by Gasteiger charge is 2.27. The highest BCUT2D eigenvalue weighted by atomic mass is 32.2. The van der Waals surface area contributed by atoms with Crippen molar-refractivity contribution in [1.82, 2.24) is 14.6 Å². The molecule has 0 spiro atoms. The van der Waals surface area contributed by atoms with Crippen molar-refractivity contribution in [3.05, 3.63) is 23.9 Å². The predicted octanol–water partition coefficient (Wildman–Crippen LogP) is 2.25. The highest BCUT2D eigenvalue weighted by molar-refractivity contribution is 7.89. The number of hydrogen-bond donors (Lipinski definition) is 1. The van der Waals surface area contributed by atoms with E-state index in [-0.39, 0.29) is 17.0 Å². The zero-order valence-corrected chi connectivity index (χ0v) is 14.4. The summed E-state index contributed by atoms with van der Waals surface area (Å²) in [6, 6.07) is 3.33. The Bertz CT molecular complexity index is 526. The number of nitrogens with one attached hydrogen (secondary N) is 1. The number of hydrogen-bond acceptors (Lipinski definition) is 4. The summed E-state index contributed by atoms with van der Waals surface area (Å²) in [5.74, 6) is 0.252. The average Bonchev–Trinajstić information content (AvgIpc) is 2.46. The summed E-state index contributed by atoms with van der Waals surface area (Å²) < 4.78 is 26.4. The molecular weight excluding hydrogens is 286 g/mol. The van der Waals surface area contributed by atoms with Crippen molar-refractivity contribution in [3.8, 4) is 0 Å². The van der Waals surface area contributed by atoms with Crippen LogP contribution in [0.15, 0.2) is 23.4 Å². The second-order valence-electron chi connectivity index (χ2n) is 5.69. The van der Waals surface area contributed by atoms with Gasteiger partial charge in [0.2, 0.25) is 0 Å². The monoisotopic (exact) mass is 313 g/mol. The number of rotatable bonds is 8. The number of pyridine rings is 1. The maximum atomic E-state index is 12.5. The van der Waals surface area contributed by atoms with Crippen LogP contribution in [0.4, 0.5) is 0 Å². The molecule has 0 aliphatic rings. The van der Waals surface area contributed by atoms with Gasteiger partial charge in [0.05, 0.1) is 0 Å². The van der Waals surface area contributed by atoms with E-state index in [9.17, 15) is 8.42 Å². The summed E-state index contributed by atoms with van der Waals surface area (Å²) in [6.07, 6.45) is 2.70. The molecule has 1 N–H and O–H groups in total. The average molecular weight is 313 g/mol. The van der Waals surface area contributed by atoms with Crippen molar-refractivity contribution in [2.24, 2.45) is 5.92 Å². The fourth-order valence-electron chi connectivity index (χ4n) is 1.86. The molecule has 1 atom stereocenters. The molecule has 0 amide bonds. The van der Waals surface area contributed by atoms with Gasteiger partial charge in [-0.3, -0.25) is 0 Å². The van der Waals surface area contributed by atoms with Gasteiger partial charge in [0.1, 0.15) is 0 Å². The smallest absolute Gasteiger partial charge is 0.260 e. The van der Waals surface area contributed by atoms with Crippen molar-refractivity contribution >= 4 is 10.0 Å². The van der Waals surface area contributed by atoms with Gasteiger partial charge in [-0.05, 0) is 37.4 Å². The van der Waals surface area contributed by atoms with Gasteiger partial charge in [0, 0.05) is 25.8 Å². The van der Waals surface area contributed by atoms with Gasteiger partial charge >= 0.3 is 0 Å². The van der Waals surface area contributed by atoms with Crippen LogP contribution in [-0.4, -0.2) is 37.3 Å². The molecule has 0 aliphatic carbocycles. The zero-order valence-electron chi connectivity index (χ0n) is 13.6. The molecule has 5 nitrogen and oxygen atoms in total. The Balaban J connectivity index is 2.84. The Morgan fingerprint density at radius 1 is 1.29 bits per heavy atom. The molecule has 1 aromatic heterocycles. The van der Waals surface area contributed by atoms with E-state index in [1.807, 2.05) is 26.8 Å². The fraction of sp³-hybridized carbons (Fsp3) is 0.667. The van der Waals surface area contributed by atoms with E-state index in [1.165, 1.54) is 4.31 Å². The Morgan fingerprint density at radius 3 is 2.43 bits per heavy atom. The lowest BCUT2D eigenvalue weighted by molar-refractivity contribution is 0.315. The van der Waals surface area contributed by atoms with E-state index in [0.717, 1.165) is 18.5 Å². The summed E-state index contributed by atoms with van der Waals surface area (Å²) in [4.78, 5) is 4.12. The molecule has 1 heterocycles. The molecule has 1 rings (SSSR count). The topological polar surface area (TPSA) is 62.3 Å². The minimum atomic E-state index is -3.52. The standard InChI is InChI=1S/C15H27N3O2S/c1-6-9-16-10-14-7-8-15(17-11-14)21(19,20)18(5)13(4)12(2)3/h7-8,11-13,16H,6,9-10H2,1-5H3. The molecule has 0 fully saturated rings. The third kappa shape index (κ3) is 4.76. The summed E-state index contributed by atoms with van der Waals surface area (Å²) >= 11 is 0. The fourth-order valence-corrected chi connectivity index (χ4v) is 3.27. The zero-order chi connectivity index (χ0) is 16.0. The second kappa shape index (κ2) is 7.87. The molecule has 0 saturated heterocycles. The van der Waals surface area contributed by atoms with Crippen molar-refractivity contribution < 1.29 is 8.42 Å². The Kier molecular flexibility index (Phi) is 6.77. The Hall–Kier alpha value is -0.980. The summed E-state index contributed by atoms with van der Waals surface area (Å²) in [5.41, 5.74) is 0.988. The first-order valence-electron chi connectivity index (χ1n) is 7.44. The van der Waals surface area contributed by atoms with Crippen molar-refractivity contribution in [3.63, 3.8) is 0 Å². The number of aromatic nitrogens is 1. The molecule has 0 bridgehead atoms. The van der Waals surface area contributed by atoms with Crippen LogP contribution < -0.4 is 5.32 Å². The lowest BCUT2D eigenvalue weighted by Gasteiger charge is -2.26. The summed E-state index contributed by atoms with van der Waals surface area (Å²) in [5, 5.41) is 3.37. The Morgan fingerprint density at radius 2 is 1.95 bits per heavy atom. The Labute approximate surface area is 128 Å². The minimum Gasteiger partial charge on any atom is -0.313 e. The van der Waals surface area contributed by atoms with Gasteiger partial charge in [-0.15, -0.1) is 0 Å². The van der Waals surface area contributed by atoms with E-state index in [2.05, 4.69) is 17.2 Å². The van der Waals surface area contributed by atoms with E-state index >= 15 is 0 Å².